The molecule has 2 saturated carbocycles. The van der Waals surface area contributed by atoms with Gasteiger partial charge >= 0.3 is 6.09 Å². The number of hydrogen-bond donors (Lipinski definition) is 2. The minimum Gasteiger partial charge on any atom is -0.465 e. The van der Waals surface area contributed by atoms with Crippen molar-refractivity contribution < 1.29 is 19.5 Å². The fourth-order valence-electron chi connectivity index (χ4n) is 7.27. The number of likely N-dealkylation sites (tertiary alicyclic amines) is 1. The lowest BCUT2D eigenvalue weighted by Gasteiger charge is -2.37. The van der Waals surface area contributed by atoms with E-state index in [-0.39, 0.29) is 35.5 Å². The fraction of sp³-hybridized carbons (Fsp3) is 0.600. The number of nitrogens with one attached hydrogen (secondary N) is 1. The maximum absolute atomic E-state index is 14.1. The Kier molecular flexibility index (Phi) is 7.77. The van der Waals surface area contributed by atoms with Crippen molar-refractivity contribution in [3.63, 3.8) is 0 Å². The number of Topliss-reactive ketones (excluding diaryl/α,β-unsaturated/α-hetero) is 1. The number of aromatic nitrogens is 1. The van der Waals surface area contributed by atoms with E-state index in [1.54, 1.807) is 6.20 Å². The van der Waals surface area contributed by atoms with Gasteiger partial charge in [0, 0.05) is 35.7 Å². The molecular formula is C30H39N3O4. The average molecular weight is 506 g/mol. The van der Waals surface area contributed by atoms with E-state index in [0.717, 1.165) is 55.8 Å². The molecule has 3 atom stereocenters. The zero-order chi connectivity index (χ0) is 25.9. The second kappa shape index (κ2) is 11.2. The van der Waals surface area contributed by atoms with E-state index in [0.29, 0.717) is 18.0 Å². The number of nitrogens with zero attached hydrogens (tertiary/aromatic N) is 2. The first kappa shape index (κ1) is 25.7. The summed E-state index contributed by atoms with van der Waals surface area (Å²) in [6.07, 6.45) is 10.8. The van der Waals surface area contributed by atoms with Crippen LogP contribution < -0.4 is 5.32 Å². The first-order valence-corrected chi connectivity index (χ1v) is 14.1. The van der Waals surface area contributed by atoms with Crippen LogP contribution >= 0.6 is 0 Å². The summed E-state index contributed by atoms with van der Waals surface area (Å²) in [6.45, 7) is 2.56. The molecule has 1 unspecified atom stereocenters. The SMILES string of the molecule is CC(NC(=O)O)[C@H]1CC[C@H](C(=O)N2CC[C@@H](C3CCCCC3)[C@H]2C(=O)c2ccc3ncccc3c2)CC1. The molecule has 7 nitrogen and oxygen atoms in total. The van der Waals surface area contributed by atoms with Crippen LogP contribution in [0, 0.1) is 23.7 Å². The molecule has 1 aromatic heterocycles. The third-order valence-electron chi connectivity index (χ3n) is 9.32. The molecule has 3 fully saturated rings. The van der Waals surface area contributed by atoms with Crippen molar-refractivity contribution in [1.29, 1.82) is 0 Å². The molecule has 7 heteroatoms. The number of hydrogen-bond acceptors (Lipinski definition) is 4. The highest BCUT2D eigenvalue weighted by Crippen LogP contribution is 2.42. The van der Waals surface area contributed by atoms with Crippen molar-refractivity contribution in [3.8, 4) is 0 Å². The van der Waals surface area contributed by atoms with Crippen LogP contribution in [0.1, 0.15) is 81.5 Å². The molecule has 1 aliphatic heterocycles. The van der Waals surface area contributed by atoms with Crippen LogP contribution in [-0.4, -0.2) is 51.4 Å². The summed E-state index contributed by atoms with van der Waals surface area (Å²) in [7, 11) is 0. The van der Waals surface area contributed by atoms with Crippen molar-refractivity contribution in [2.24, 2.45) is 23.7 Å². The highest BCUT2D eigenvalue weighted by atomic mass is 16.4. The molecule has 0 radical (unpaired) electrons. The molecule has 3 aliphatic rings. The molecule has 5 rings (SSSR count). The number of pyridine rings is 1. The van der Waals surface area contributed by atoms with Gasteiger partial charge < -0.3 is 15.3 Å². The summed E-state index contributed by atoms with van der Waals surface area (Å²) in [5.74, 6) is 1.07. The summed E-state index contributed by atoms with van der Waals surface area (Å²) < 4.78 is 0. The number of rotatable bonds is 6. The number of fused-ring (bicyclic) bond motifs is 1. The normalized spacial score (nSPS) is 27.6. The van der Waals surface area contributed by atoms with Gasteiger partial charge in [0.25, 0.3) is 0 Å². The van der Waals surface area contributed by atoms with Gasteiger partial charge in [0.05, 0.1) is 11.6 Å². The zero-order valence-corrected chi connectivity index (χ0v) is 21.8. The Bertz CT molecular complexity index is 1140. The van der Waals surface area contributed by atoms with Crippen LogP contribution in [0.4, 0.5) is 4.79 Å². The monoisotopic (exact) mass is 505 g/mol. The third-order valence-corrected chi connectivity index (χ3v) is 9.32. The number of benzene rings is 1. The minimum absolute atomic E-state index is 0.0696. The van der Waals surface area contributed by atoms with Crippen LogP contribution in [0.3, 0.4) is 0 Å². The summed E-state index contributed by atoms with van der Waals surface area (Å²) in [5, 5.41) is 12.6. The van der Waals surface area contributed by atoms with Crippen molar-refractivity contribution in [3.05, 3.63) is 42.1 Å². The van der Waals surface area contributed by atoms with Crippen LogP contribution in [0.5, 0.6) is 0 Å². The van der Waals surface area contributed by atoms with E-state index >= 15 is 0 Å². The number of carbonyl (C=O) groups excluding carboxylic acids is 2. The van der Waals surface area contributed by atoms with Crippen molar-refractivity contribution >= 4 is 28.7 Å². The molecule has 37 heavy (non-hydrogen) atoms. The lowest BCUT2D eigenvalue weighted by atomic mass is 9.74. The van der Waals surface area contributed by atoms with Crippen LogP contribution in [0.15, 0.2) is 36.5 Å². The van der Waals surface area contributed by atoms with Crippen molar-refractivity contribution in [2.75, 3.05) is 6.54 Å². The van der Waals surface area contributed by atoms with Crippen molar-refractivity contribution in [1.82, 2.24) is 15.2 Å². The van der Waals surface area contributed by atoms with E-state index in [4.69, 9.17) is 5.11 Å². The van der Waals surface area contributed by atoms with Crippen LogP contribution in [0.25, 0.3) is 10.9 Å². The van der Waals surface area contributed by atoms with Gasteiger partial charge in [-0.25, -0.2) is 4.79 Å². The van der Waals surface area contributed by atoms with Crippen molar-refractivity contribution in [2.45, 2.75) is 83.2 Å². The zero-order valence-electron chi connectivity index (χ0n) is 21.8. The van der Waals surface area contributed by atoms with Gasteiger partial charge in [-0.3, -0.25) is 14.6 Å². The Balaban J connectivity index is 1.35. The van der Waals surface area contributed by atoms with E-state index in [1.165, 1.54) is 19.3 Å². The molecule has 0 bridgehead atoms. The van der Waals surface area contributed by atoms with Gasteiger partial charge in [0.15, 0.2) is 5.78 Å². The summed E-state index contributed by atoms with van der Waals surface area (Å²) >= 11 is 0. The molecule has 2 heterocycles. The molecule has 1 saturated heterocycles. The molecule has 1 aromatic carbocycles. The van der Waals surface area contributed by atoms with Gasteiger partial charge in [0.1, 0.15) is 0 Å². The molecule has 2 aromatic rings. The summed E-state index contributed by atoms with van der Waals surface area (Å²) in [4.78, 5) is 45.4. The van der Waals surface area contributed by atoms with Crippen LogP contribution in [-0.2, 0) is 4.79 Å². The highest BCUT2D eigenvalue weighted by molar-refractivity contribution is 6.04. The first-order chi connectivity index (χ1) is 17.9. The van der Waals surface area contributed by atoms with E-state index in [1.807, 2.05) is 42.2 Å². The average Bonchev–Trinajstić information content (AvgIpc) is 3.37. The molecule has 2 aliphatic carbocycles. The molecule has 2 N–H and O–H groups in total. The van der Waals surface area contributed by atoms with Gasteiger partial charge in [-0.1, -0.05) is 38.2 Å². The Morgan fingerprint density at radius 2 is 1.76 bits per heavy atom. The molecule has 0 spiro atoms. The third kappa shape index (κ3) is 5.51. The lowest BCUT2D eigenvalue weighted by Crippen LogP contribution is -2.48. The molecule has 198 valence electrons. The fourth-order valence-corrected chi connectivity index (χ4v) is 7.27. The second-order valence-electron chi connectivity index (χ2n) is 11.5. The maximum Gasteiger partial charge on any atom is 0.404 e. The number of carboxylic acid groups (broad SMARTS) is 1. The van der Waals surface area contributed by atoms with Gasteiger partial charge in [-0.2, -0.15) is 0 Å². The van der Waals surface area contributed by atoms with Gasteiger partial charge in [-0.15, -0.1) is 0 Å². The Labute approximate surface area is 219 Å². The Morgan fingerprint density at radius 3 is 2.49 bits per heavy atom. The number of carbonyl (C=O) groups is 3. The Hall–Kier alpha value is -2.96. The highest BCUT2D eigenvalue weighted by Gasteiger charge is 2.47. The molecule has 2 amide bonds. The van der Waals surface area contributed by atoms with Gasteiger partial charge in [-0.05, 0) is 81.0 Å². The quantitative estimate of drug-likeness (QED) is 0.492. The summed E-state index contributed by atoms with van der Waals surface area (Å²) in [6, 6.07) is 9.07. The maximum atomic E-state index is 14.1. The largest absolute Gasteiger partial charge is 0.465 e. The first-order valence-electron chi connectivity index (χ1n) is 14.1. The van der Waals surface area contributed by atoms with E-state index in [9.17, 15) is 14.4 Å². The van der Waals surface area contributed by atoms with E-state index in [2.05, 4.69) is 10.3 Å². The summed E-state index contributed by atoms with van der Waals surface area (Å²) in [5.41, 5.74) is 1.54. The van der Waals surface area contributed by atoms with E-state index < -0.39 is 12.1 Å². The van der Waals surface area contributed by atoms with Gasteiger partial charge in [0.2, 0.25) is 5.91 Å². The van der Waals surface area contributed by atoms with Crippen LogP contribution in [0.2, 0.25) is 0 Å². The predicted molar refractivity (Wildman–Crippen MR) is 142 cm³/mol. The number of amides is 2. The lowest BCUT2D eigenvalue weighted by molar-refractivity contribution is -0.137. The minimum atomic E-state index is -0.998. The Morgan fingerprint density at radius 1 is 1.00 bits per heavy atom. The smallest absolute Gasteiger partial charge is 0.404 e. The predicted octanol–water partition coefficient (Wildman–Crippen LogP) is 5.68. The molecular weight excluding hydrogens is 466 g/mol. The topological polar surface area (TPSA) is 99.6 Å². The second-order valence-corrected chi connectivity index (χ2v) is 11.5. The standard InChI is InChI=1S/C30H39N3O4/c1-19(32-30(36)37)20-9-11-22(12-10-20)29(35)33-17-15-25(21-6-3-2-4-7-21)27(33)28(34)24-13-14-26-23(18-24)8-5-16-31-26/h5,8,13-14,16,18-22,25,27,32H,2-4,6-7,9-12,15,17H2,1H3,(H,36,37)/t19?,20-,22-,25-,27-/m0/s1. The number of ketones is 1.